The number of benzene rings is 3. The SMILES string of the molecule is COc1ccc(C(O)=C2C(=O)C(=O)N(c3nc4ccc(OC)cc4s3)[C@H]2c2ccc(C(C)(C)C)cc2)cc1. The van der Waals surface area contributed by atoms with Crippen molar-refractivity contribution in [3.8, 4) is 11.5 Å². The average Bonchev–Trinajstić information content (AvgIpc) is 3.45. The Morgan fingerprint density at radius 1 is 0.921 bits per heavy atom. The van der Waals surface area contributed by atoms with E-state index in [1.54, 1.807) is 44.6 Å². The van der Waals surface area contributed by atoms with Gasteiger partial charge in [-0.05, 0) is 59.0 Å². The highest BCUT2D eigenvalue weighted by molar-refractivity contribution is 7.22. The summed E-state index contributed by atoms with van der Waals surface area (Å²) in [6, 6.07) is 19.1. The number of methoxy groups -OCH3 is 2. The Hall–Kier alpha value is -4.17. The summed E-state index contributed by atoms with van der Waals surface area (Å²) in [5, 5.41) is 11.7. The standard InChI is InChI=1S/C30H28N2O5S/c1-30(2,3)19-10-6-17(7-11-19)25-24(26(33)18-8-12-20(36-4)13-9-18)27(34)28(35)32(25)29-31-22-15-14-21(37-5)16-23(22)38-29/h6-16,25,33H,1-5H3/t25-/m0/s1. The minimum atomic E-state index is -0.853. The summed E-state index contributed by atoms with van der Waals surface area (Å²) in [5.74, 6) is -0.470. The van der Waals surface area contributed by atoms with Gasteiger partial charge in [-0.1, -0.05) is 56.4 Å². The van der Waals surface area contributed by atoms with Crippen molar-refractivity contribution < 1.29 is 24.2 Å². The van der Waals surface area contributed by atoms with Crippen LogP contribution in [0, 0.1) is 0 Å². The number of carbonyl (C=O) groups excluding carboxylic acids is 2. The van der Waals surface area contributed by atoms with Crippen LogP contribution in [0.15, 0.2) is 72.3 Å². The van der Waals surface area contributed by atoms with E-state index in [2.05, 4.69) is 25.8 Å². The molecule has 38 heavy (non-hydrogen) atoms. The first-order valence-electron chi connectivity index (χ1n) is 12.1. The number of anilines is 1. The highest BCUT2D eigenvalue weighted by Gasteiger charge is 2.48. The highest BCUT2D eigenvalue weighted by Crippen LogP contribution is 2.45. The summed E-state index contributed by atoms with van der Waals surface area (Å²) < 4.78 is 11.4. The van der Waals surface area contributed by atoms with E-state index < -0.39 is 17.7 Å². The van der Waals surface area contributed by atoms with Crippen LogP contribution < -0.4 is 14.4 Å². The van der Waals surface area contributed by atoms with E-state index in [4.69, 9.17) is 9.47 Å². The fourth-order valence-electron chi connectivity index (χ4n) is 4.54. The lowest BCUT2D eigenvalue weighted by Crippen LogP contribution is -2.29. The van der Waals surface area contributed by atoms with Gasteiger partial charge in [0.2, 0.25) is 0 Å². The average molecular weight is 529 g/mol. The van der Waals surface area contributed by atoms with Crippen molar-refractivity contribution in [3.63, 3.8) is 0 Å². The van der Waals surface area contributed by atoms with Gasteiger partial charge in [0.05, 0.1) is 36.1 Å². The van der Waals surface area contributed by atoms with Gasteiger partial charge in [0.25, 0.3) is 5.78 Å². The predicted molar refractivity (Wildman–Crippen MR) is 149 cm³/mol. The topological polar surface area (TPSA) is 89.0 Å². The quantitative estimate of drug-likeness (QED) is 0.187. The largest absolute Gasteiger partial charge is 0.507 e. The fourth-order valence-corrected chi connectivity index (χ4v) is 5.56. The van der Waals surface area contributed by atoms with E-state index in [-0.39, 0.29) is 16.7 Å². The van der Waals surface area contributed by atoms with Crippen molar-refractivity contribution in [2.75, 3.05) is 19.1 Å². The van der Waals surface area contributed by atoms with E-state index in [0.29, 0.717) is 33.3 Å². The third-order valence-corrected chi connectivity index (χ3v) is 7.71. The number of fused-ring (bicyclic) bond motifs is 1. The van der Waals surface area contributed by atoms with Crippen LogP contribution in [-0.4, -0.2) is 36.0 Å². The van der Waals surface area contributed by atoms with Gasteiger partial charge in [-0.25, -0.2) is 4.98 Å². The summed E-state index contributed by atoms with van der Waals surface area (Å²) >= 11 is 1.29. The second-order valence-electron chi connectivity index (χ2n) is 10.1. The number of aromatic nitrogens is 1. The zero-order chi connectivity index (χ0) is 27.2. The van der Waals surface area contributed by atoms with Crippen LogP contribution in [0.1, 0.15) is 43.5 Å². The minimum absolute atomic E-state index is 0.0144. The Kier molecular flexibility index (Phi) is 6.44. The van der Waals surface area contributed by atoms with Crippen LogP contribution in [0.3, 0.4) is 0 Å². The molecule has 1 aromatic heterocycles. The van der Waals surface area contributed by atoms with Crippen molar-refractivity contribution >= 4 is 44.1 Å². The minimum Gasteiger partial charge on any atom is -0.507 e. The number of thiazole rings is 1. The van der Waals surface area contributed by atoms with Crippen LogP contribution in [0.25, 0.3) is 16.0 Å². The monoisotopic (exact) mass is 528 g/mol. The number of ketones is 1. The van der Waals surface area contributed by atoms with Crippen molar-refractivity contribution in [2.24, 2.45) is 0 Å². The molecular weight excluding hydrogens is 500 g/mol. The maximum absolute atomic E-state index is 13.5. The molecule has 3 aromatic carbocycles. The number of rotatable bonds is 5. The van der Waals surface area contributed by atoms with Crippen LogP contribution in [-0.2, 0) is 15.0 Å². The molecule has 0 spiro atoms. The van der Waals surface area contributed by atoms with Crippen molar-refractivity contribution in [1.82, 2.24) is 4.98 Å². The number of hydrogen-bond donors (Lipinski definition) is 1. The molecule has 4 aromatic rings. The maximum Gasteiger partial charge on any atom is 0.301 e. The summed E-state index contributed by atoms with van der Waals surface area (Å²) in [6.07, 6.45) is 0. The molecule has 1 N–H and O–H groups in total. The molecule has 0 unspecified atom stereocenters. The normalized spacial score (nSPS) is 17.3. The summed E-state index contributed by atoms with van der Waals surface area (Å²) in [4.78, 5) is 33.1. The highest BCUT2D eigenvalue weighted by atomic mass is 32.1. The molecule has 2 heterocycles. The first kappa shape index (κ1) is 25.5. The first-order valence-corrected chi connectivity index (χ1v) is 12.9. The Labute approximate surface area is 225 Å². The Balaban J connectivity index is 1.69. The van der Waals surface area contributed by atoms with Gasteiger partial charge in [-0.2, -0.15) is 0 Å². The van der Waals surface area contributed by atoms with E-state index in [9.17, 15) is 14.7 Å². The molecule has 1 aliphatic heterocycles. The number of ether oxygens (including phenoxy) is 2. The maximum atomic E-state index is 13.5. The molecule has 1 atom stereocenters. The van der Waals surface area contributed by atoms with Crippen molar-refractivity contribution in [3.05, 3.63) is 89.0 Å². The number of carbonyl (C=O) groups is 2. The Morgan fingerprint density at radius 3 is 2.16 bits per heavy atom. The smallest absolute Gasteiger partial charge is 0.301 e. The van der Waals surface area contributed by atoms with E-state index >= 15 is 0 Å². The number of amides is 1. The lowest BCUT2D eigenvalue weighted by molar-refractivity contribution is -0.132. The summed E-state index contributed by atoms with van der Waals surface area (Å²) in [6.45, 7) is 6.35. The van der Waals surface area contributed by atoms with E-state index in [1.165, 1.54) is 16.2 Å². The van der Waals surface area contributed by atoms with E-state index in [1.807, 2.05) is 36.4 Å². The summed E-state index contributed by atoms with van der Waals surface area (Å²) in [5.41, 5.74) is 2.85. The number of aliphatic hydroxyl groups excluding tert-OH is 1. The van der Waals surface area contributed by atoms with Crippen molar-refractivity contribution in [2.45, 2.75) is 32.2 Å². The Morgan fingerprint density at radius 2 is 1.55 bits per heavy atom. The first-order chi connectivity index (χ1) is 18.1. The summed E-state index contributed by atoms with van der Waals surface area (Å²) in [7, 11) is 3.14. The van der Waals surface area contributed by atoms with Gasteiger partial charge in [-0.3, -0.25) is 14.5 Å². The van der Waals surface area contributed by atoms with Crippen LogP contribution in [0.5, 0.6) is 11.5 Å². The molecule has 5 rings (SSSR count). The molecule has 1 saturated heterocycles. The van der Waals surface area contributed by atoms with Crippen LogP contribution in [0.2, 0.25) is 0 Å². The lowest BCUT2D eigenvalue weighted by atomic mass is 9.85. The second-order valence-corrected chi connectivity index (χ2v) is 11.1. The lowest BCUT2D eigenvalue weighted by Gasteiger charge is -2.24. The molecule has 1 amide bonds. The number of nitrogens with zero attached hydrogens (tertiary/aromatic N) is 2. The Bertz CT molecular complexity index is 1560. The van der Waals surface area contributed by atoms with Gasteiger partial charge in [-0.15, -0.1) is 0 Å². The number of aliphatic hydroxyl groups is 1. The van der Waals surface area contributed by atoms with Crippen LogP contribution >= 0.6 is 11.3 Å². The fraction of sp³-hybridized carbons (Fsp3) is 0.233. The van der Waals surface area contributed by atoms with E-state index in [0.717, 1.165) is 10.3 Å². The molecule has 0 saturated carbocycles. The van der Waals surface area contributed by atoms with Gasteiger partial charge in [0.15, 0.2) is 5.13 Å². The van der Waals surface area contributed by atoms with Gasteiger partial charge in [0, 0.05) is 5.56 Å². The molecular formula is C30H28N2O5S. The van der Waals surface area contributed by atoms with Gasteiger partial charge in [0.1, 0.15) is 17.3 Å². The molecule has 194 valence electrons. The zero-order valence-corrected chi connectivity index (χ0v) is 22.6. The molecule has 8 heteroatoms. The van der Waals surface area contributed by atoms with Crippen LogP contribution in [0.4, 0.5) is 5.13 Å². The molecule has 1 aliphatic rings. The number of hydrogen-bond acceptors (Lipinski definition) is 7. The molecule has 1 fully saturated rings. The third-order valence-electron chi connectivity index (χ3n) is 6.69. The zero-order valence-electron chi connectivity index (χ0n) is 21.8. The predicted octanol–water partition coefficient (Wildman–Crippen LogP) is 6.24. The second kappa shape index (κ2) is 9.61. The number of Topliss-reactive ketones (excluding diaryl/α,β-unsaturated/α-hetero) is 1. The third kappa shape index (κ3) is 4.41. The molecule has 0 aliphatic carbocycles. The van der Waals surface area contributed by atoms with Gasteiger partial charge < -0.3 is 14.6 Å². The molecule has 0 radical (unpaired) electrons. The molecule has 7 nitrogen and oxygen atoms in total. The molecule has 0 bridgehead atoms. The van der Waals surface area contributed by atoms with Crippen molar-refractivity contribution in [1.29, 1.82) is 0 Å². The van der Waals surface area contributed by atoms with Gasteiger partial charge >= 0.3 is 5.91 Å².